The molecule has 1 saturated heterocycles. The lowest BCUT2D eigenvalue weighted by molar-refractivity contribution is -0.134. The molecule has 1 unspecified atom stereocenters. The number of nitrogens with zero attached hydrogens (tertiary/aromatic N) is 1. The zero-order valence-electron chi connectivity index (χ0n) is 11.4. The van der Waals surface area contributed by atoms with Gasteiger partial charge in [0.2, 0.25) is 5.91 Å². The maximum atomic E-state index is 12.3. The Labute approximate surface area is 124 Å². The molecule has 3 heteroatoms. The van der Waals surface area contributed by atoms with Gasteiger partial charge >= 0.3 is 0 Å². The number of piperidine rings is 1. The van der Waals surface area contributed by atoms with Gasteiger partial charge < -0.3 is 4.90 Å². The van der Waals surface area contributed by atoms with Gasteiger partial charge in [-0.1, -0.05) is 46.3 Å². The van der Waals surface area contributed by atoms with Gasteiger partial charge in [0.25, 0.3) is 0 Å². The Balaban J connectivity index is 1.77. The fraction of sp³-hybridized carbons (Fsp3) is 0.562. The summed E-state index contributed by atoms with van der Waals surface area (Å²) in [5.74, 6) is 0.333. The number of rotatable bonds is 5. The van der Waals surface area contributed by atoms with E-state index in [0.29, 0.717) is 18.4 Å². The van der Waals surface area contributed by atoms with E-state index in [4.69, 9.17) is 0 Å². The van der Waals surface area contributed by atoms with Crippen LogP contribution in [0.2, 0.25) is 0 Å². The lowest BCUT2D eigenvalue weighted by atomic mass is 10.0. The van der Waals surface area contributed by atoms with Crippen molar-refractivity contribution in [3.8, 4) is 0 Å². The standard InChI is InChI=1S/C16H22BrNO/c17-13-15-10-4-5-12-18(15)16(19)11-6-9-14-7-2-1-3-8-14/h1-3,7-8,15H,4-6,9-13H2. The minimum atomic E-state index is 0.333. The predicted molar refractivity (Wildman–Crippen MR) is 82.5 cm³/mol. The second-order valence-electron chi connectivity index (χ2n) is 5.23. The third kappa shape index (κ3) is 4.34. The number of alkyl halides is 1. The summed E-state index contributed by atoms with van der Waals surface area (Å²) in [5.41, 5.74) is 1.32. The zero-order chi connectivity index (χ0) is 13.5. The molecule has 1 aliphatic heterocycles. The summed E-state index contributed by atoms with van der Waals surface area (Å²) in [4.78, 5) is 14.3. The van der Waals surface area contributed by atoms with Crippen LogP contribution in [0.5, 0.6) is 0 Å². The van der Waals surface area contributed by atoms with E-state index in [9.17, 15) is 4.79 Å². The Morgan fingerprint density at radius 3 is 2.79 bits per heavy atom. The number of hydrogen-bond acceptors (Lipinski definition) is 1. The van der Waals surface area contributed by atoms with Crippen molar-refractivity contribution in [1.29, 1.82) is 0 Å². The average molecular weight is 324 g/mol. The van der Waals surface area contributed by atoms with Crippen LogP contribution < -0.4 is 0 Å². The number of benzene rings is 1. The minimum Gasteiger partial charge on any atom is -0.339 e. The maximum absolute atomic E-state index is 12.3. The summed E-state index contributed by atoms with van der Waals surface area (Å²) in [6.07, 6.45) is 6.19. The number of carbonyl (C=O) groups excluding carboxylic acids is 1. The highest BCUT2D eigenvalue weighted by molar-refractivity contribution is 9.09. The van der Waals surface area contributed by atoms with Gasteiger partial charge in [0.1, 0.15) is 0 Å². The maximum Gasteiger partial charge on any atom is 0.222 e. The fourth-order valence-corrected chi connectivity index (χ4v) is 3.39. The van der Waals surface area contributed by atoms with E-state index in [-0.39, 0.29) is 0 Å². The first-order valence-corrected chi connectivity index (χ1v) is 8.33. The van der Waals surface area contributed by atoms with Gasteiger partial charge in [0.15, 0.2) is 0 Å². The van der Waals surface area contributed by atoms with E-state index < -0.39 is 0 Å². The van der Waals surface area contributed by atoms with E-state index in [1.54, 1.807) is 0 Å². The van der Waals surface area contributed by atoms with Gasteiger partial charge in [-0.25, -0.2) is 0 Å². The number of carbonyl (C=O) groups is 1. The van der Waals surface area contributed by atoms with Crippen LogP contribution >= 0.6 is 15.9 Å². The van der Waals surface area contributed by atoms with Crippen LogP contribution in [0.15, 0.2) is 30.3 Å². The Morgan fingerprint density at radius 1 is 1.26 bits per heavy atom. The van der Waals surface area contributed by atoms with Crippen molar-refractivity contribution in [2.75, 3.05) is 11.9 Å². The minimum absolute atomic E-state index is 0.333. The molecule has 1 aromatic rings. The van der Waals surface area contributed by atoms with Crippen molar-refractivity contribution in [3.05, 3.63) is 35.9 Å². The lowest BCUT2D eigenvalue weighted by Gasteiger charge is -2.34. The lowest BCUT2D eigenvalue weighted by Crippen LogP contribution is -2.44. The Bertz CT molecular complexity index is 393. The summed E-state index contributed by atoms with van der Waals surface area (Å²) < 4.78 is 0. The average Bonchev–Trinajstić information content (AvgIpc) is 2.48. The molecule has 0 N–H and O–H groups in total. The molecule has 1 aromatic carbocycles. The first-order chi connectivity index (χ1) is 9.31. The van der Waals surface area contributed by atoms with E-state index >= 15 is 0 Å². The van der Waals surface area contributed by atoms with Crippen molar-refractivity contribution in [1.82, 2.24) is 4.90 Å². The highest BCUT2D eigenvalue weighted by Gasteiger charge is 2.24. The molecule has 2 rings (SSSR count). The van der Waals surface area contributed by atoms with E-state index in [1.807, 2.05) is 6.07 Å². The summed E-state index contributed by atoms with van der Waals surface area (Å²) in [5, 5.41) is 0.914. The van der Waals surface area contributed by atoms with Gasteiger partial charge in [-0.05, 0) is 37.7 Å². The first-order valence-electron chi connectivity index (χ1n) is 7.20. The van der Waals surface area contributed by atoms with Crippen molar-refractivity contribution in [3.63, 3.8) is 0 Å². The summed E-state index contributed by atoms with van der Waals surface area (Å²) in [6, 6.07) is 10.8. The monoisotopic (exact) mass is 323 g/mol. The van der Waals surface area contributed by atoms with Crippen LogP contribution in [0, 0.1) is 0 Å². The molecular formula is C16H22BrNO. The molecule has 0 saturated carbocycles. The molecule has 1 aliphatic rings. The molecule has 2 nitrogen and oxygen atoms in total. The molecule has 0 spiro atoms. The van der Waals surface area contributed by atoms with E-state index in [1.165, 1.54) is 12.0 Å². The molecular weight excluding hydrogens is 302 g/mol. The Kier molecular flexibility index (Phi) is 5.90. The third-order valence-corrected chi connectivity index (χ3v) is 4.57. The highest BCUT2D eigenvalue weighted by atomic mass is 79.9. The molecule has 1 atom stereocenters. The van der Waals surface area contributed by atoms with Crippen LogP contribution in [0.25, 0.3) is 0 Å². The fourth-order valence-electron chi connectivity index (χ4n) is 2.72. The van der Waals surface area contributed by atoms with Gasteiger partial charge in [-0.3, -0.25) is 4.79 Å². The molecule has 0 bridgehead atoms. The molecule has 19 heavy (non-hydrogen) atoms. The molecule has 0 aliphatic carbocycles. The summed E-state index contributed by atoms with van der Waals surface area (Å²) in [6.45, 7) is 0.945. The smallest absolute Gasteiger partial charge is 0.222 e. The molecule has 1 amide bonds. The Hall–Kier alpha value is -0.830. The van der Waals surface area contributed by atoms with Crippen LogP contribution in [0.1, 0.15) is 37.7 Å². The third-order valence-electron chi connectivity index (χ3n) is 3.82. The summed E-state index contributed by atoms with van der Waals surface area (Å²) >= 11 is 3.53. The largest absolute Gasteiger partial charge is 0.339 e. The van der Waals surface area contributed by atoms with Crippen LogP contribution in [0.4, 0.5) is 0 Å². The van der Waals surface area contributed by atoms with Crippen LogP contribution in [-0.2, 0) is 11.2 Å². The normalized spacial score (nSPS) is 19.4. The molecule has 104 valence electrons. The quantitative estimate of drug-likeness (QED) is 0.755. The second kappa shape index (κ2) is 7.68. The Morgan fingerprint density at radius 2 is 2.05 bits per heavy atom. The zero-order valence-corrected chi connectivity index (χ0v) is 12.9. The van der Waals surface area contributed by atoms with Crippen molar-refractivity contribution >= 4 is 21.8 Å². The van der Waals surface area contributed by atoms with E-state index in [0.717, 1.165) is 37.6 Å². The van der Waals surface area contributed by atoms with Gasteiger partial charge in [-0.2, -0.15) is 0 Å². The molecule has 1 fully saturated rings. The molecule has 0 aromatic heterocycles. The van der Waals surface area contributed by atoms with Crippen molar-refractivity contribution in [2.24, 2.45) is 0 Å². The number of halogens is 1. The molecule has 0 radical (unpaired) electrons. The van der Waals surface area contributed by atoms with Crippen molar-refractivity contribution < 1.29 is 4.79 Å². The van der Waals surface area contributed by atoms with Crippen LogP contribution in [0.3, 0.4) is 0 Å². The second-order valence-corrected chi connectivity index (χ2v) is 5.88. The van der Waals surface area contributed by atoms with Gasteiger partial charge in [0, 0.05) is 24.3 Å². The SMILES string of the molecule is O=C(CCCc1ccccc1)N1CCCCC1CBr. The first kappa shape index (κ1) is 14.6. The topological polar surface area (TPSA) is 20.3 Å². The number of aryl methyl sites for hydroxylation is 1. The highest BCUT2D eigenvalue weighted by Crippen LogP contribution is 2.20. The number of likely N-dealkylation sites (tertiary alicyclic amines) is 1. The molecule has 1 heterocycles. The predicted octanol–water partition coefficient (Wildman–Crippen LogP) is 3.79. The van der Waals surface area contributed by atoms with E-state index in [2.05, 4.69) is 45.1 Å². The number of hydrogen-bond donors (Lipinski definition) is 0. The van der Waals surface area contributed by atoms with Gasteiger partial charge in [0.05, 0.1) is 0 Å². The number of amides is 1. The summed E-state index contributed by atoms with van der Waals surface area (Å²) in [7, 11) is 0. The van der Waals surface area contributed by atoms with Crippen LogP contribution in [-0.4, -0.2) is 28.7 Å². The van der Waals surface area contributed by atoms with Gasteiger partial charge in [-0.15, -0.1) is 0 Å². The van der Waals surface area contributed by atoms with Crippen molar-refractivity contribution in [2.45, 2.75) is 44.6 Å².